The van der Waals surface area contributed by atoms with Crippen molar-refractivity contribution in [2.24, 2.45) is 5.41 Å². The molecule has 1 fully saturated rings. The van der Waals surface area contributed by atoms with Gasteiger partial charge in [0.25, 0.3) is 0 Å². The molecular weight excluding hydrogens is 266 g/mol. The van der Waals surface area contributed by atoms with Gasteiger partial charge in [-0.05, 0) is 42.8 Å². The van der Waals surface area contributed by atoms with Crippen molar-refractivity contribution in [2.75, 3.05) is 19.7 Å². The van der Waals surface area contributed by atoms with E-state index < -0.39 is 0 Å². The molecular formula is C17H25NOS. The van der Waals surface area contributed by atoms with Crippen LogP contribution in [0.4, 0.5) is 0 Å². The fourth-order valence-corrected chi connectivity index (χ4v) is 3.47. The Morgan fingerprint density at radius 2 is 2.15 bits per heavy atom. The van der Waals surface area contributed by atoms with E-state index in [4.69, 9.17) is 5.11 Å². The van der Waals surface area contributed by atoms with Crippen molar-refractivity contribution in [1.82, 2.24) is 4.90 Å². The predicted molar refractivity (Wildman–Crippen MR) is 85.8 cm³/mol. The number of aliphatic hydroxyl groups is 1. The van der Waals surface area contributed by atoms with Crippen LogP contribution in [-0.4, -0.2) is 29.7 Å². The zero-order chi connectivity index (χ0) is 14.4. The van der Waals surface area contributed by atoms with Crippen molar-refractivity contribution in [2.45, 2.75) is 46.1 Å². The minimum atomic E-state index is 0.147. The van der Waals surface area contributed by atoms with E-state index >= 15 is 0 Å². The van der Waals surface area contributed by atoms with Gasteiger partial charge >= 0.3 is 0 Å². The normalized spacial score (nSPS) is 18.6. The second kappa shape index (κ2) is 7.26. The molecule has 0 atom stereocenters. The number of thiophene rings is 1. The second-order valence-electron chi connectivity index (χ2n) is 5.97. The van der Waals surface area contributed by atoms with Crippen molar-refractivity contribution in [1.29, 1.82) is 0 Å². The number of piperidine rings is 1. The van der Waals surface area contributed by atoms with E-state index in [9.17, 15) is 0 Å². The molecule has 1 aromatic heterocycles. The monoisotopic (exact) mass is 291 g/mol. The van der Waals surface area contributed by atoms with E-state index in [-0.39, 0.29) is 6.61 Å². The van der Waals surface area contributed by atoms with Crippen molar-refractivity contribution < 1.29 is 5.11 Å². The Bertz CT molecular complexity index is 475. The fourth-order valence-electron chi connectivity index (χ4n) is 2.60. The minimum Gasteiger partial charge on any atom is -0.395 e. The van der Waals surface area contributed by atoms with Gasteiger partial charge in [-0.25, -0.2) is 0 Å². The van der Waals surface area contributed by atoms with Gasteiger partial charge in [0.2, 0.25) is 0 Å². The van der Waals surface area contributed by atoms with E-state index in [1.807, 2.05) is 0 Å². The van der Waals surface area contributed by atoms with Crippen LogP contribution in [0.5, 0.6) is 0 Å². The molecule has 0 radical (unpaired) electrons. The molecule has 3 heteroatoms. The first kappa shape index (κ1) is 15.6. The summed E-state index contributed by atoms with van der Waals surface area (Å²) < 4.78 is 0. The SMILES string of the molecule is CCC1(C)CCN(Cc2sccc2C#CCCO)CC1. The number of aliphatic hydroxyl groups excluding tert-OH is 1. The maximum absolute atomic E-state index is 8.79. The van der Waals surface area contributed by atoms with Gasteiger partial charge in [0.15, 0.2) is 0 Å². The zero-order valence-corrected chi connectivity index (χ0v) is 13.4. The molecule has 1 N–H and O–H groups in total. The molecule has 0 spiro atoms. The number of likely N-dealkylation sites (tertiary alicyclic amines) is 1. The van der Waals surface area contributed by atoms with Gasteiger partial charge in [-0.3, -0.25) is 4.90 Å². The van der Waals surface area contributed by atoms with Crippen LogP contribution in [-0.2, 0) is 6.54 Å². The highest BCUT2D eigenvalue weighted by Gasteiger charge is 2.28. The van der Waals surface area contributed by atoms with Gasteiger partial charge in [-0.15, -0.1) is 11.3 Å². The third-order valence-electron chi connectivity index (χ3n) is 4.49. The van der Waals surface area contributed by atoms with Gasteiger partial charge in [0, 0.05) is 23.4 Å². The summed E-state index contributed by atoms with van der Waals surface area (Å²) in [6, 6.07) is 2.10. The lowest BCUT2D eigenvalue weighted by Crippen LogP contribution is -2.37. The number of hydrogen-bond donors (Lipinski definition) is 1. The Morgan fingerprint density at radius 3 is 2.80 bits per heavy atom. The topological polar surface area (TPSA) is 23.5 Å². The van der Waals surface area contributed by atoms with Crippen LogP contribution in [0, 0.1) is 17.3 Å². The summed E-state index contributed by atoms with van der Waals surface area (Å²) >= 11 is 1.80. The van der Waals surface area contributed by atoms with E-state index in [0.29, 0.717) is 11.8 Å². The maximum Gasteiger partial charge on any atom is 0.0540 e. The van der Waals surface area contributed by atoms with Crippen LogP contribution in [0.1, 0.15) is 50.0 Å². The molecule has 0 aromatic carbocycles. The highest BCUT2D eigenvalue weighted by atomic mass is 32.1. The summed E-state index contributed by atoms with van der Waals surface area (Å²) in [4.78, 5) is 3.93. The van der Waals surface area contributed by atoms with E-state index in [0.717, 1.165) is 12.1 Å². The van der Waals surface area contributed by atoms with Crippen molar-refractivity contribution in [3.8, 4) is 11.8 Å². The van der Waals surface area contributed by atoms with E-state index in [2.05, 4.69) is 42.0 Å². The Kier molecular flexibility index (Phi) is 5.65. The summed E-state index contributed by atoms with van der Waals surface area (Å²) in [6.07, 6.45) is 4.46. The molecule has 0 amide bonds. The lowest BCUT2D eigenvalue weighted by Gasteiger charge is -2.38. The summed E-state index contributed by atoms with van der Waals surface area (Å²) in [6.45, 7) is 8.30. The van der Waals surface area contributed by atoms with Gasteiger partial charge in [0.05, 0.1) is 6.61 Å². The average Bonchev–Trinajstić information content (AvgIpc) is 2.89. The van der Waals surface area contributed by atoms with Gasteiger partial charge in [0.1, 0.15) is 0 Å². The van der Waals surface area contributed by atoms with Gasteiger partial charge in [-0.2, -0.15) is 0 Å². The van der Waals surface area contributed by atoms with Crippen LogP contribution in [0.2, 0.25) is 0 Å². The van der Waals surface area contributed by atoms with Crippen molar-refractivity contribution in [3.05, 3.63) is 21.9 Å². The van der Waals surface area contributed by atoms with Crippen LogP contribution >= 0.6 is 11.3 Å². The highest BCUT2D eigenvalue weighted by molar-refractivity contribution is 7.10. The Hall–Kier alpha value is -0.820. The Morgan fingerprint density at radius 1 is 1.40 bits per heavy atom. The molecule has 1 saturated heterocycles. The summed E-state index contributed by atoms with van der Waals surface area (Å²) in [5, 5.41) is 10.9. The average molecular weight is 291 g/mol. The van der Waals surface area contributed by atoms with Crippen LogP contribution in [0.3, 0.4) is 0 Å². The first-order valence-electron chi connectivity index (χ1n) is 7.55. The second-order valence-corrected chi connectivity index (χ2v) is 6.97. The number of nitrogens with zero attached hydrogens (tertiary/aromatic N) is 1. The molecule has 2 rings (SSSR count). The molecule has 1 aliphatic heterocycles. The van der Waals surface area contributed by atoms with Crippen LogP contribution in [0.15, 0.2) is 11.4 Å². The molecule has 110 valence electrons. The molecule has 0 bridgehead atoms. The molecule has 2 heterocycles. The summed E-state index contributed by atoms with van der Waals surface area (Å²) in [5.41, 5.74) is 1.70. The van der Waals surface area contributed by atoms with Crippen LogP contribution < -0.4 is 0 Å². The molecule has 0 aliphatic carbocycles. The lowest BCUT2D eigenvalue weighted by atomic mass is 9.78. The summed E-state index contributed by atoms with van der Waals surface area (Å²) in [5.74, 6) is 6.21. The Balaban J connectivity index is 1.92. The van der Waals surface area contributed by atoms with Gasteiger partial charge in [-0.1, -0.05) is 32.1 Å². The smallest absolute Gasteiger partial charge is 0.0540 e. The minimum absolute atomic E-state index is 0.147. The molecule has 1 aliphatic rings. The van der Waals surface area contributed by atoms with Crippen molar-refractivity contribution >= 4 is 11.3 Å². The van der Waals surface area contributed by atoms with Gasteiger partial charge < -0.3 is 5.11 Å². The third kappa shape index (κ3) is 4.09. The zero-order valence-electron chi connectivity index (χ0n) is 12.6. The summed E-state index contributed by atoms with van der Waals surface area (Å²) in [7, 11) is 0. The van der Waals surface area contributed by atoms with Crippen molar-refractivity contribution in [3.63, 3.8) is 0 Å². The molecule has 2 nitrogen and oxygen atoms in total. The quantitative estimate of drug-likeness (QED) is 0.858. The molecule has 0 unspecified atom stereocenters. The molecule has 1 aromatic rings. The first-order chi connectivity index (χ1) is 9.67. The maximum atomic E-state index is 8.79. The van der Waals surface area contributed by atoms with Crippen LogP contribution in [0.25, 0.3) is 0 Å². The highest BCUT2D eigenvalue weighted by Crippen LogP contribution is 2.34. The first-order valence-corrected chi connectivity index (χ1v) is 8.43. The van der Waals surface area contributed by atoms with E-state index in [1.54, 1.807) is 11.3 Å². The fraction of sp³-hybridized carbons (Fsp3) is 0.647. The Labute approximate surface area is 126 Å². The largest absolute Gasteiger partial charge is 0.395 e. The predicted octanol–water partition coefficient (Wildman–Crippen LogP) is 3.49. The number of hydrogen-bond acceptors (Lipinski definition) is 3. The number of rotatable bonds is 4. The lowest BCUT2D eigenvalue weighted by molar-refractivity contribution is 0.110. The molecule has 20 heavy (non-hydrogen) atoms. The third-order valence-corrected chi connectivity index (χ3v) is 5.39. The standard InChI is InChI=1S/C17H25NOS/c1-3-17(2)8-10-18(11-9-17)14-16-15(7-13-20-16)6-4-5-12-19/h7,13,19H,3,5,8-12,14H2,1-2H3. The van der Waals surface area contributed by atoms with E-state index in [1.165, 1.54) is 37.2 Å². The molecule has 0 saturated carbocycles.